The Labute approximate surface area is 275 Å². The van der Waals surface area contributed by atoms with E-state index >= 15 is 0 Å². The lowest BCUT2D eigenvalue weighted by Gasteiger charge is -2.30. The normalized spacial score (nSPS) is 18.7. The number of carbonyl (C=O) groups excluding carboxylic acids is 2. The smallest absolute Gasteiger partial charge is 0.374 e. The highest BCUT2D eigenvalue weighted by Gasteiger charge is 2.62. The number of fused-ring (bicyclic) bond motifs is 1. The summed E-state index contributed by atoms with van der Waals surface area (Å²) in [7, 11) is 0. The minimum Gasteiger partial charge on any atom is -0.374 e. The minimum atomic E-state index is -4.87. The van der Waals surface area contributed by atoms with Gasteiger partial charge >= 0.3 is 6.18 Å². The Morgan fingerprint density at radius 2 is 1.77 bits per heavy atom. The number of hydrogen-bond donors (Lipinski definition) is 2. The number of thioether (sulfide) groups is 1. The van der Waals surface area contributed by atoms with Gasteiger partial charge in [-0.1, -0.05) is 46.0 Å². The molecule has 1 aliphatic heterocycles. The molecule has 2 aliphatic rings. The molecule has 5 rings (SSSR count). The quantitative estimate of drug-likeness (QED) is 0.190. The summed E-state index contributed by atoms with van der Waals surface area (Å²) in [6.45, 7) is 3.57. The van der Waals surface area contributed by atoms with Crippen molar-refractivity contribution in [3.8, 4) is 0 Å². The van der Waals surface area contributed by atoms with Crippen LogP contribution in [-0.4, -0.2) is 35.3 Å². The topological polar surface area (TPSA) is 79.8 Å². The Morgan fingerprint density at radius 3 is 2.41 bits per heavy atom. The van der Waals surface area contributed by atoms with Crippen LogP contribution in [0.15, 0.2) is 35.5 Å². The maximum absolute atomic E-state index is 14.5. The van der Waals surface area contributed by atoms with E-state index < -0.39 is 24.1 Å². The fourth-order valence-electron chi connectivity index (χ4n) is 5.33. The Hall–Kier alpha value is -2.44. The second-order valence-electron chi connectivity index (χ2n) is 10.6. The fourth-order valence-corrected chi connectivity index (χ4v) is 7.43. The Bertz CT molecular complexity index is 1660. The highest BCUT2D eigenvalue weighted by atomic mass is 35.5. The van der Waals surface area contributed by atoms with Crippen LogP contribution in [0.25, 0.3) is 0 Å². The largest absolute Gasteiger partial charge is 0.435 e. The summed E-state index contributed by atoms with van der Waals surface area (Å²) in [5.74, 6) is -0.663. The van der Waals surface area contributed by atoms with Crippen molar-refractivity contribution >= 4 is 80.4 Å². The number of thiophene rings is 1. The van der Waals surface area contributed by atoms with Crippen molar-refractivity contribution in [2.75, 3.05) is 11.6 Å². The SMILES string of the molecule is CSC(C)NC(=O)c1c(NC(=O)c2ccc(C3=NOC(c4cc(Cl)c(Cl)c(Cl)c4)(C(F)(F)F)C3)cc2C)sc2c1CCCC2. The fraction of sp³-hybridized carbons (Fsp3) is 0.367. The average molecular weight is 705 g/mol. The molecule has 3 aromatic rings. The van der Waals surface area contributed by atoms with Crippen LogP contribution in [-0.2, 0) is 23.3 Å². The van der Waals surface area contributed by atoms with Gasteiger partial charge in [0.2, 0.25) is 0 Å². The maximum atomic E-state index is 14.5. The third-order valence-electron chi connectivity index (χ3n) is 7.75. The first kappa shape index (κ1) is 32.9. The van der Waals surface area contributed by atoms with Crippen LogP contribution in [0.3, 0.4) is 0 Å². The highest BCUT2D eigenvalue weighted by Crippen LogP contribution is 2.50. The molecule has 2 atom stereocenters. The molecule has 0 saturated carbocycles. The van der Waals surface area contributed by atoms with Gasteiger partial charge in [0.05, 0.1) is 31.7 Å². The molecule has 2 heterocycles. The van der Waals surface area contributed by atoms with Crippen molar-refractivity contribution in [3.05, 3.63) is 83.7 Å². The van der Waals surface area contributed by atoms with E-state index in [1.54, 1.807) is 13.0 Å². The molecule has 2 aromatic carbocycles. The van der Waals surface area contributed by atoms with Gasteiger partial charge in [-0.15, -0.1) is 23.1 Å². The van der Waals surface area contributed by atoms with E-state index in [1.165, 1.54) is 35.2 Å². The van der Waals surface area contributed by atoms with E-state index in [0.29, 0.717) is 27.3 Å². The molecule has 2 N–H and O–H groups in total. The standard InChI is InChI=1S/C30H27Cl3F3N3O3S2/c1-14-10-16(22-13-29(42-39-22,30(34,35)36)17-11-20(31)25(33)21(32)12-17)8-9-18(14)26(40)38-28-24(27(41)37-15(2)43-3)19-6-4-5-7-23(19)44-28/h8-12,15H,4-7,13H2,1-3H3,(H,37,41)(H,38,40). The van der Waals surface area contributed by atoms with E-state index in [1.807, 2.05) is 13.2 Å². The molecule has 0 fully saturated rings. The summed E-state index contributed by atoms with van der Waals surface area (Å²) >= 11 is 20.9. The van der Waals surface area contributed by atoms with Crippen LogP contribution < -0.4 is 10.6 Å². The number of aryl methyl sites for hydroxylation is 2. The molecular weight excluding hydrogens is 678 g/mol. The molecule has 1 aliphatic carbocycles. The van der Waals surface area contributed by atoms with Gasteiger partial charge in [0.25, 0.3) is 17.4 Å². The number of anilines is 1. The zero-order chi connectivity index (χ0) is 32.0. The zero-order valence-corrected chi connectivity index (χ0v) is 27.7. The van der Waals surface area contributed by atoms with E-state index in [9.17, 15) is 22.8 Å². The van der Waals surface area contributed by atoms with E-state index in [2.05, 4.69) is 15.8 Å². The number of alkyl halides is 3. The molecule has 0 saturated heterocycles. The number of nitrogens with one attached hydrogen (secondary N) is 2. The minimum absolute atomic E-state index is 0.0346. The van der Waals surface area contributed by atoms with E-state index in [4.69, 9.17) is 39.6 Å². The van der Waals surface area contributed by atoms with Gasteiger partial charge in [-0.05, 0) is 86.7 Å². The molecule has 44 heavy (non-hydrogen) atoms. The van der Waals surface area contributed by atoms with Gasteiger partial charge in [0, 0.05) is 22.4 Å². The number of carbonyl (C=O) groups is 2. The summed E-state index contributed by atoms with van der Waals surface area (Å²) in [4.78, 5) is 32.9. The van der Waals surface area contributed by atoms with Crippen molar-refractivity contribution in [3.63, 3.8) is 0 Å². The van der Waals surface area contributed by atoms with Crippen molar-refractivity contribution in [1.82, 2.24) is 5.32 Å². The molecule has 6 nitrogen and oxygen atoms in total. The summed E-state index contributed by atoms with van der Waals surface area (Å²) < 4.78 is 43.4. The Balaban J connectivity index is 1.40. The Kier molecular flexibility index (Phi) is 9.54. The van der Waals surface area contributed by atoms with Gasteiger partial charge < -0.3 is 15.5 Å². The van der Waals surface area contributed by atoms with Crippen LogP contribution in [0.1, 0.15) is 74.0 Å². The molecule has 2 unspecified atom stereocenters. The molecule has 0 spiro atoms. The van der Waals surface area contributed by atoms with Crippen molar-refractivity contribution in [1.29, 1.82) is 0 Å². The van der Waals surface area contributed by atoms with Gasteiger partial charge in [0.1, 0.15) is 5.00 Å². The van der Waals surface area contributed by atoms with Gasteiger partial charge in [-0.2, -0.15) is 13.2 Å². The first-order valence-corrected chi connectivity index (χ1v) is 16.9. The van der Waals surface area contributed by atoms with Gasteiger partial charge in [-0.3, -0.25) is 9.59 Å². The summed E-state index contributed by atoms with van der Waals surface area (Å²) in [6.07, 6.45) is -0.0146. The molecule has 234 valence electrons. The van der Waals surface area contributed by atoms with Crippen LogP contribution in [0.4, 0.5) is 18.2 Å². The summed E-state index contributed by atoms with van der Waals surface area (Å²) in [5.41, 5.74) is -0.480. The van der Waals surface area contributed by atoms with Crippen LogP contribution in [0.2, 0.25) is 15.1 Å². The molecule has 1 aromatic heterocycles. The predicted octanol–water partition coefficient (Wildman–Crippen LogP) is 9.17. The average Bonchev–Trinajstić information content (AvgIpc) is 3.58. The number of halogens is 6. The number of amides is 2. The predicted molar refractivity (Wildman–Crippen MR) is 172 cm³/mol. The van der Waals surface area contributed by atoms with E-state index in [-0.39, 0.29) is 37.6 Å². The third kappa shape index (κ3) is 6.18. The molecule has 0 bridgehead atoms. The highest BCUT2D eigenvalue weighted by molar-refractivity contribution is 7.99. The number of rotatable bonds is 7. The Morgan fingerprint density at radius 1 is 1.09 bits per heavy atom. The molecular formula is C30H27Cl3F3N3O3S2. The number of nitrogens with zero attached hydrogens (tertiary/aromatic N) is 1. The molecule has 14 heteroatoms. The number of benzene rings is 2. The second-order valence-corrected chi connectivity index (χ2v) is 14.1. The van der Waals surface area contributed by atoms with Gasteiger partial charge in [0.15, 0.2) is 0 Å². The summed E-state index contributed by atoms with van der Waals surface area (Å²) in [5, 5.41) is 9.73. The monoisotopic (exact) mass is 703 g/mol. The first-order valence-electron chi connectivity index (χ1n) is 13.6. The third-order valence-corrected chi connectivity index (χ3v) is 11.0. The lowest BCUT2D eigenvalue weighted by Crippen LogP contribution is -2.42. The lowest BCUT2D eigenvalue weighted by molar-refractivity contribution is -0.275. The first-order chi connectivity index (χ1) is 20.8. The summed E-state index contributed by atoms with van der Waals surface area (Å²) in [6, 6.07) is 6.76. The van der Waals surface area contributed by atoms with E-state index in [0.717, 1.165) is 48.3 Å². The van der Waals surface area contributed by atoms with Crippen LogP contribution in [0.5, 0.6) is 0 Å². The van der Waals surface area contributed by atoms with Crippen molar-refractivity contribution in [2.24, 2.45) is 5.16 Å². The zero-order valence-electron chi connectivity index (χ0n) is 23.8. The van der Waals surface area contributed by atoms with Gasteiger partial charge in [-0.25, -0.2) is 0 Å². The van der Waals surface area contributed by atoms with Crippen molar-refractivity contribution in [2.45, 2.75) is 63.1 Å². The lowest BCUT2D eigenvalue weighted by atomic mass is 9.86. The molecule has 2 amide bonds. The second kappa shape index (κ2) is 12.7. The number of hydrogen-bond acceptors (Lipinski definition) is 6. The van der Waals surface area contributed by atoms with Crippen LogP contribution in [0, 0.1) is 6.92 Å². The number of oxime groups is 1. The van der Waals surface area contributed by atoms with Crippen LogP contribution >= 0.6 is 57.9 Å². The molecule has 0 radical (unpaired) electrons. The maximum Gasteiger partial charge on any atom is 0.435 e. The van der Waals surface area contributed by atoms with Crippen molar-refractivity contribution < 1.29 is 27.6 Å².